The second kappa shape index (κ2) is 5.17. The number of fused-ring (bicyclic) bond motifs is 1. The van der Waals surface area contributed by atoms with Crippen molar-refractivity contribution in [1.82, 2.24) is 24.6 Å². The van der Waals surface area contributed by atoms with E-state index in [0.29, 0.717) is 27.3 Å². The van der Waals surface area contributed by atoms with Gasteiger partial charge in [-0.15, -0.1) is 0 Å². The standard InChI is InChI=1S/C11H10N6OS2/c1-6-4-8(18)17-11(15-6)20-7(16-17)5-19-10-9(12)13-2-3-14-10/h2-4H,5H2,1H3,(H2,12,13). The van der Waals surface area contributed by atoms with Gasteiger partial charge in [0.1, 0.15) is 10.0 Å². The van der Waals surface area contributed by atoms with E-state index in [4.69, 9.17) is 5.73 Å². The van der Waals surface area contributed by atoms with Crippen LogP contribution in [0.1, 0.15) is 10.7 Å². The first kappa shape index (κ1) is 13.0. The van der Waals surface area contributed by atoms with Crippen LogP contribution in [0.15, 0.2) is 28.3 Å². The summed E-state index contributed by atoms with van der Waals surface area (Å²) >= 11 is 2.81. The van der Waals surface area contributed by atoms with E-state index in [9.17, 15) is 4.79 Å². The minimum absolute atomic E-state index is 0.168. The molecule has 3 aromatic rings. The molecule has 0 aromatic carbocycles. The van der Waals surface area contributed by atoms with Crippen molar-refractivity contribution in [2.75, 3.05) is 5.73 Å². The number of aryl methyl sites for hydroxylation is 1. The van der Waals surface area contributed by atoms with Gasteiger partial charge in [-0.2, -0.15) is 9.61 Å². The highest BCUT2D eigenvalue weighted by Crippen LogP contribution is 2.25. The molecule has 102 valence electrons. The van der Waals surface area contributed by atoms with E-state index in [1.807, 2.05) is 0 Å². The zero-order valence-electron chi connectivity index (χ0n) is 10.5. The molecule has 0 aliphatic carbocycles. The summed E-state index contributed by atoms with van der Waals surface area (Å²) in [6, 6.07) is 1.46. The number of nitrogens with two attached hydrogens (primary N) is 1. The van der Waals surface area contributed by atoms with Crippen molar-refractivity contribution in [2.24, 2.45) is 0 Å². The first-order valence-corrected chi connectivity index (χ1v) is 7.49. The Hall–Kier alpha value is -2.00. The molecule has 9 heteroatoms. The maximum absolute atomic E-state index is 11.8. The fourth-order valence-electron chi connectivity index (χ4n) is 1.60. The molecule has 0 fully saturated rings. The Morgan fingerprint density at radius 2 is 2.20 bits per heavy atom. The van der Waals surface area contributed by atoms with Crippen molar-refractivity contribution in [2.45, 2.75) is 17.7 Å². The normalized spacial score (nSPS) is 11.1. The fourth-order valence-corrected chi connectivity index (χ4v) is 3.40. The van der Waals surface area contributed by atoms with Crippen molar-refractivity contribution < 1.29 is 0 Å². The number of rotatable bonds is 3. The van der Waals surface area contributed by atoms with E-state index in [0.717, 1.165) is 5.01 Å². The third-order valence-corrected chi connectivity index (χ3v) is 4.54. The highest BCUT2D eigenvalue weighted by atomic mass is 32.2. The second-order valence-corrected chi connectivity index (χ2v) is 5.97. The predicted molar refractivity (Wildman–Crippen MR) is 77.9 cm³/mol. The number of hydrogen-bond acceptors (Lipinski definition) is 8. The Balaban J connectivity index is 1.87. The SMILES string of the molecule is Cc1cc(=O)n2nc(CSc3nccnc3N)sc2n1. The number of hydrogen-bond donors (Lipinski definition) is 1. The lowest BCUT2D eigenvalue weighted by Gasteiger charge is -1.99. The summed E-state index contributed by atoms with van der Waals surface area (Å²) in [5.41, 5.74) is 6.25. The molecule has 7 nitrogen and oxygen atoms in total. The Labute approximate surface area is 121 Å². The van der Waals surface area contributed by atoms with E-state index in [1.54, 1.807) is 19.3 Å². The Bertz CT molecular complexity index is 827. The van der Waals surface area contributed by atoms with Crippen LogP contribution in [0.3, 0.4) is 0 Å². The molecule has 0 spiro atoms. The summed E-state index contributed by atoms with van der Waals surface area (Å²) in [5, 5.41) is 5.69. The number of anilines is 1. The molecular weight excluding hydrogens is 296 g/mol. The predicted octanol–water partition coefficient (Wildman–Crippen LogP) is 1.12. The molecule has 0 bridgehead atoms. The number of aromatic nitrogens is 5. The Morgan fingerprint density at radius 1 is 1.40 bits per heavy atom. The summed E-state index contributed by atoms with van der Waals surface area (Å²) in [4.78, 5) is 24.8. The zero-order valence-corrected chi connectivity index (χ0v) is 12.1. The van der Waals surface area contributed by atoms with Gasteiger partial charge in [0.25, 0.3) is 5.56 Å². The van der Waals surface area contributed by atoms with Gasteiger partial charge in [0.2, 0.25) is 4.96 Å². The van der Waals surface area contributed by atoms with Gasteiger partial charge in [0.15, 0.2) is 5.82 Å². The molecule has 0 radical (unpaired) electrons. The lowest BCUT2D eigenvalue weighted by atomic mass is 10.5. The van der Waals surface area contributed by atoms with Crippen LogP contribution in [0, 0.1) is 6.92 Å². The zero-order chi connectivity index (χ0) is 14.1. The van der Waals surface area contributed by atoms with Crippen molar-refractivity contribution >= 4 is 33.9 Å². The molecule has 3 heterocycles. The van der Waals surface area contributed by atoms with Gasteiger partial charge >= 0.3 is 0 Å². The highest BCUT2D eigenvalue weighted by molar-refractivity contribution is 7.98. The maximum atomic E-state index is 11.8. The Kier molecular flexibility index (Phi) is 3.36. The largest absolute Gasteiger partial charge is 0.381 e. The topological polar surface area (TPSA) is 99.1 Å². The van der Waals surface area contributed by atoms with Gasteiger partial charge in [-0.05, 0) is 6.92 Å². The third kappa shape index (κ3) is 2.49. The van der Waals surface area contributed by atoms with Crippen LogP contribution in [0.4, 0.5) is 5.82 Å². The average Bonchev–Trinajstić information content (AvgIpc) is 2.81. The smallest absolute Gasteiger partial charge is 0.275 e. The first-order valence-electron chi connectivity index (χ1n) is 5.69. The quantitative estimate of drug-likeness (QED) is 0.724. The van der Waals surface area contributed by atoms with E-state index >= 15 is 0 Å². The van der Waals surface area contributed by atoms with Crippen LogP contribution < -0.4 is 11.3 Å². The second-order valence-electron chi connectivity index (χ2n) is 3.96. The molecule has 0 amide bonds. The van der Waals surface area contributed by atoms with Crippen molar-refractivity contribution in [3.05, 3.63) is 39.5 Å². The first-order chi connectivity index (χ1) is 9.63. The van der Waals surface area contributed by atoms with E-state index in [2.05, 4.69) is 20.1 Å². The van der Waals surface area contributed by atoms with Crippen LogP contribution in [0.25, 0.3) is 4.96 Å². The van der Waals surface area contributed by atoms with Crippen molar-refractivity contribution in [3.8, 4) is 0 Å². The number of nitrogen functional groups attached to an aromatic ring is 1. The Morgan fingerprint density at radius 3 is 3.00 bits per heavy atom. The van der Waals surface area contributed by atoms with E-state index < -0.39 is 0 Å². The van der Waals surface area contributed by atoms with Crippen molar-refractivity contribution in [1.29, 1.82) is 0 Å². The van der Waals surface area contributed by atoms with Gasteiger partial charge in [0.05, 0.1) is 5.75 Å². The van der Waals surface area contributed by atoms with E-state index in [-0.39, 0.29) is 5.56 Å². The van der Waals surface area contributed by atoms with E-state index in [1.165, 1.54) is 33.7 Å². The average molecular weight is 306 g/mol. The number of nitrogens with zero attached hydrogens (tertiary/aromatic N) is 5. The molecule has 3 aromatic heterocycles. The molecule has 3 rings (SSSR count). The van der Waals surface area contributed by atoms with Gasteiger partial charge < -0.3 is 5.73 Å². The van der Waals surface area contributed by atoms with Crippen molar-refractivity contribution in [3.63, 3.8) is 0 Å². The molecule has 2 N–H and O–H groups in total. The van der Waals surface area contributed by atoms with Crippen LogP contribution >= 0.6 is 23.1 Å². The summed E-state index contributed by atoms with van der Waals surface area (Å²) in [7, 11) is 0. The fraction of sp³-hybridized carbons (Fsp3) is 0.182. The van der Waals surface area contributed by atoms with Gasteiger partial charge in [0, 0.05) is 24.2 Å². The van der Waals surface area contributed by atoms with Gasteiger partial charge in [-0.25, -0.2) is 15.0 Å². The minimum atomic E-state index is -0.168. The minimum Gasteiger partial charge on any atom is -0.381 e. The van der Waals surface area contributed by atoms with Gasteiger partial charge in [-0.3, -0.25) is 4.79 Å². The molecular formula is C11H10N6OS2. The lowest BCUT2D eigenvalue weighted by Crippen LogP contribution is -2.14. The molecule has 0 aliphatic heterocycles. The van der Waals surface area contributed by atoms with Crippen LogP contribution in [0.5, 0.6) is 0 Å². The summed E-state index contributed by atoms with van der Waals surface area (Å²) in [6.07, 6.45) is 3.13. The van der Waals surface area contributed by atoms with Crippen LogP contribution in [-0.4, -0.2) is 24.6 Å². The molecule has 0 atom stereocenters. The molecule has 0 unspecified atom stereocenters. The van der Waals surface area contributed by atoms with Crippen LogP contribution in [0.2, 0.25) is 0 Å². The maximum Gasteiger partial charge on any atom is 0.275 e. The van der Waals surface area contributed by atoms with Gasteiger partial charge in [-0.1, -0.05) is 23.1 Å². The summed E-state index contributed by atoms with van der Waals surface area (Å²) in [5.74, 6) is 0.958. The molecule has 20 heavy (non-hydrogen) atoms. The monoisotopic (exact) mass is 306 g/mol. The molecule has 0 saturated heterocycles. The summed E-state index contributed by atoms with van der Waals surface area (Å²) < 4.78 is 1.31. The molecule has 0 aliphatic rings. The molecule has 0 saturated carbocycles. The van der Waals surface area contributed by atoms with Crippen LogP contribution in [-0.2, 0) is 5.75 Å². The number of thioether (sulfide) groups is 1. The summed E-state index contributed by atoms with van der Waals surface area (Å²) in [6.45, 7) is 1.79. The highest BCUT2D eigenvalue weighted by Gasteiger charge is 2.09. The lowest BCUT2D eigenvalue weighted by molar-refractivity contribution is 0.870. The third-order valence-electron chi connectivity index (χ3n) is 2.44.